The summed E-state index contributed by atoms with van der Waals surface area (Å²) in [5, 5.41) is 0. The van der Waals surface area contributed by atoms with Crippen molar-refractivity contribution in [1.82, 2.24) is 9.80 Å². The topological polar surface area (TPSA) is 49.9 Å². The lowest BCUT2D eigenvalue weighted by atomic mass is 9.66. The molecule has 5 nitrogen and oxygen atoms in total. The summed E-state index contributed by atoms with van der Waals surface area (Å²) in [5.41, 5.74) is 0.627. The van der Waals surface area contributed by atoms with Gasteiger partial charge >= 0.3 is 0 Å². The van der Waals surface area contributed by atoms with Crippen LogP contribution in [0.3, 0.4) is 0 Å². The molecule has 2 aliphatic heterocycles. The third kappa shape index (κ3) is 2.28. The highest BCUT2D eigenvalue weighted by atomic mass is 16.5. The van der Waals surface area contributed by atoms with Crippen LogP contribution in [0.5, 0.6) is 5.75 Å². The molecular weight excluding hydrogens is 316 g/mol. The van der Waals surface area contributed by atoms with E-state index in [1.165, 1.54) is 0 Å². The molecule has 4 rings (SSSR count). The number of nitrogens with zero attached hydrogens (tertiary/aromatic N) is 2. The second-order valence-corrected chi connectivity index (χ2v) is 7.91. The van der Waals surface area contributed by atoms with Crippen molar-refractivity contribution in [1.29, 1.82) is 0 Å². The fourth-order valence-corrected chi connectivity index (χ4v) is 5.61. The summed E-state index contributed by atoms with van der Waals surface area (Å²) in [6, 6.07) is 8.01. The van der Waals surface area contributed by atoms with Crippen molar-refractivity contribution in [2.24, 2.45) is 5.41 Å². The quantitative estimate of drug-likeness (QED) is 0.830. The van der Waals surface area contributed by atoms with Crippen molar-refractivity contribution < 1.29 is 14.3 Å². The van der Waals surface area contributed by atoms with Crippen LogP contribution in [0.2, 0.25) is 0 Å². The molecule has 0 aromatic heterocycles. The first-order valence-corrected chi connectivity index (χ1v) is 9.20. The molecule has 25 heavy (non-hydrogen) atoms. The summed E-state index contributed by atoms with van der Waals surface area (Å²) in [7, 11) is 1.60. The van der Waals surface area contributed by atoms with Crippen molar-refractivity contribution in [2.45, 2.75) is 57.7 Å². The Balaban J connectivity index is 1.74. The van der Waals surface area contributed by atoms with Crippen LogP contribution < -0.4 is 4.74 Å². The number of fused-ring (bicyclic) bond motifs is 1. The van der Waals surface area contributed by atoms with Crippen LogP contribution in [0, 0.1) is 5.41 Å². The van der Waals surface area contributed by atoms with Crippen molar-refractivity contribution in [3.8, 4) is 5.75 Å². The van der Waals surface area contributed by atoms with Gasteiger partial charge in [0.25, 0.3) is 5.91 Å². The molecule has 2 heterocycles. The monoisotopic (exact) mass is 342 g/mol. The predicted octanol–water partition coefficient (Wildman–Crippen LogP) is 2.70. The lowest BCUT2D eigenvalue weighted by Crippen LogP contribution is -2.57. The number of hydrogen-bond acceptors (Lipinski definition) is 3. The first-order valence-electron chi connectivity index (χ1n) is 9.20. The zero-order valence-electron chi connectivity index (χ0n) is 15.2. The summed E-state index contributed by atoms with van der Waals surface area (Å²) in [6.07, 6.45) is 4.14. The van der Waals surface area contributed by atoms with Crippen LogP contribution in [0.4, 0.5) is 0 Å². The normalized spacial score (nSPS) is 33.3. The van der Waals surface area contributed by atoms with Gasteiger partial charge in [-0.05, 0) is 37.8 Å². The Labute approximate surface area is 148 Å². The van der Waals surface area contributed by atoms with Crippen molar-refractivity contribution >= 4 is 11.8 Å². The molecular formula is C20H26N2O3. The predicted molar refractivity (Wildman–Crippen MR) is 94.5 cm³/mol. The van der Waals surface area contributed by atoms with E-state index in [0.717, 1.165) is 25.7 Å². The summed E-state index contributed by atoms with van der Waals surface area (Å²) in [6.45, 7) is 4.59. The summed E-state index contributed by atoms with van der Waals surface area (Å²) in [4.78, 5) is 29.7. The molecule has 5 heteroatoms. The van der Waals surface area contributed by atoms with Crippen molar-refractivity contribution in [2.75, 3.05) is 13.7 Å². The minimum Gasteiger partial charge on any atom is -0.496 e. The smallest absolute Gasteiger partial charge is 0.258 e. The zero-order chi connectivity index (χ0) is 17.8. The maximum Gasteiger partial charge on any atom is 0.258 e. The lowest BCUT2D eigenvalue weighted by molar-refractivity contribution is -0.137. The minimum atomic E-state index is 0.00448. The first-order chi connectivity index (χ1) is 12.0. The Bertz CT molecular complexity index is 719. The van der Waals surface area contributed by atoms with E-state index in [9.17, 15) is 9.59 Å². The number of methoxy groups -OCH3 is 1. The highest BCUT2D eigenvalue weighted by Crippen LogP contribution is 2.54. The number of para-hydroxylation sites is 1. The molecule has 1 aliphatic carbocycles. The maximum atomic E-state index is 13.4. The highest BCUT2D eigenvalue weighted by molar-refractivity contribution is 5.97. The van der Waals surface area contributed by atoms with E-state index in [1.54, 1.807) is 14.0 Å². The molecule has 3 fully saturated rings. The Kier molecular flexibility index (Phi) is 3.78. The fourth-order valence-electron chi connectivity index (χ4n) is 5.61. The second kappa shape index (κ2) is 5.75. The van der Waals surface area contributed by atoms with E-state index in [-0.39, 0.29) is 35.4 Å². The molecule has 0 radical (unpaired) electrons. The number of rotatable bonds is 2. The van der Waals surface area contributed by atoms with Crippen LogP contribution in [-0.4, -0.2) is 53.4 Å². The van der Waals surface area contributed by atoms with Crippen molar-refractivity contribution in [3.05, 3.63) is 29.8 Å². The molecule has 2 bridgehead atoms. The Morgan fingerprint density at radius 3 is 2.64 bits per heavy atom. The molecule has 134 valence electrons. The van der Waals surface area contributed by atoms with Crippen LogP contribution in [0.15, 0.2) is 24.3 Å². The standard InChI is InChI=1S/C20H26N2O3/c1-13(23)21-12-14-11-20(2)17(21)9-6-10-18(20)22(14)19(24)15-7-4-5-8-16(15)25-3/h4-5,7-8,14,17-18H,6,9-12H2,1-3H3/t14-,17+,18-,20+/m0/s1. The largest absolute Gasteiger partial charge is 0.496 e. The summed E-state index contributed by atoms with van der Waals surface area (Å²) in [5.74, 6) is 0.797. The average Bonchev–Trinajstić information content (AvgIpc) is 2.90. The van der Waals surface area contributed by atoms with Gasteiger partial charge in [-0.25, -0.2) is 0 Å². The highest BCUT2D eigenvalue weighted by Gasteiger charge is 2.61. The molecule has 1 aromatic carbocycles. The van der Waals surface area contributed by atoms with E-state index < -0.39 is 0 Å². The maximum absolute atomic E-state index is 13.4. The third-order valence-electron chi connectivity index (χ3n) is 6.64. The minimum absolute atomic E-state index is 0.00448. The zero-order valence-corrected chi connectivity index (χ0v) is 15.2. The van der Waals surface area contributed by atoms with E-state index in [4.69, 9.17) is 4.74 Å². The van der Waals surface area contributed by atoms with E-state index in [0.29, 0.717) is 17.9 Å². The van der Waals surface area contributed by atoms with Crippen LogP contribution >= 0.6 is 0 Å². The molecule has 3 aliphatic rings. The second-order valence-electron chi connectivity index (χ2n) is 7.91. The van der Waals surface area contributed by atoms with Gasteiger partial charge in [-0.1, -0.05) is 19.1 Å². The van der Waals surface area contributed by atoms with Gasteiger partial charge in [-0.2, -0.15) is 0 Å². The summed E-state index contributed by atoms with van der Waals surface area (Å²) >= 11 is 0. The van der Waals surface area contributed by atoms with Gasteiger partial charge in [-0.3, -0.25) is 9.59 Å². The Morgan fingerprint density at radius 1 is 1.20 bits per heavy atom. The SMILES string of the molecule is COc1ccccc1C(=O)N1[C@@H]2CN(C(C)=O)[C@@H]3CCC[C@H]1[C@]3(C)C2. The molecule has 1 saturated carbocycles. The number of carbonyl (C=O) groups is 2. The van der Waals surface area contributed by atoms with Gasteiger partial charge in [0.15, 0.2) is 0 Å². The van der Waals surface area contributed by atoms with Gasteiger partial charge in [0.1, 0.15) is 5.75 Å². The molecule has 2 amide bonds. The van der Waals surface area contributed by atoms with Gasteiger partial charge in [0.2, 0.25) is 5.91 Å². The molecule has 0 N–H and O–H groups in total. The number of ether oxygens (including phenoxy) is 1. The summed E-state index contributed by atoms with van der Waals surface area (Å²) < 4.78 is 5.41. The molecule has 0 unspecified atom stereocenters. The van der Waals surface area contributed by atoms with Gasteiger partial charge in [0.05, 0.1) is 18.7 Å². The number of piperidine rings is 1. The number of carbonyl (C=O) groups excluding carboxylic acids is 2. The van der Waals surface area contributed by atoms with E-state index in [1.807, 2.05) is 29.2 Å². The van der Waals surface area contributed by atoms with Gasteiger partial charge < -0.3 is 14.5 Å². The average molecular weight is 342 g/mol. The lowest BCUT2D eigenvalue weighted by Gasteiger charge is -2.49. The Morgan fingerprint density at radius 2 is 1.92 bits per heavy atom. The van der Waals surface area contributed by atoms with E-state index >= 15 is 0 Å². The van der Waals surface area contributed by atoms with Gasteiger partial charge in [0, 0.05) is 31.0 Å². The van der Waals surface area contributed by atoms with Crippen LogP contribution in [-0.2, 0) is 4.79 Å². The molecule has 0 spiro atoms. The number of likely N-dealkylation sites (tertiary alicyclic amines) is 2. The first kappa shape index (κ1) is 16.4. The number of hydrogen-bond donors (Lipinski definition) is 0. The molecule has 2 saturated heterocycles. The van der Waals surface area contributed by atoms with Crippen LogP contribution in [0.1, 0.15) is 49.9 Å². The number of amides is 2. The fraction of sp³-hybridized carbons (Fsp3) is 0.600. The van der Waals surface area contributed by atoms with Crippen LogP contribution in [0.25, 0.3) is 0 Å². The van der Waals surface area contributed by atoms with Gasteiger partial charge in [-0.15, -0.1) is 0 Å². The van der Waals surface area contributed by atoms with E-state index in [2.05, 4.69) is 11.8 Å². The number of benzene rings is 1. The molecule has 4 atom stereocenters. The Hall–Kier alpha value is -2.04. The molecule has 1 aromatic rings. The third-order valence-corrected chi connectivity index (χ3v) is 6.64. The van der Waals surface area contributed by atoms with Crippen molar-refractivity contribution in [3.63, 3.8) is 0 Å².